The normalized spacial score (nSPS) is 20.1. The molecule has 0 amide bonds. The maximum Gasteiger partial charge on any atom is 0.141 e. The Kier molecular flexibility index (Phi) is 3.66. The number of likely N-dealkylation sites (N-methyl/N-ethyl adjacent to an activating group) is 1. The molecule has 0 saturated carbocycles. The Morgan fingerprint density at radius 1 is 1.42 bits per heavy atom. The number of nitrogens with zero attached hydrogens (tertiary/aromatic N) is 3. The van der Waals surface area contributed by atoms with Crippen molar-refractivity contribution < 1.29 is 0 Å². The summed E-state index contributed by atoms with van der Waals surface area (Å²) < 4.78 is 0. The quantitative estimate of drug-likeness (QED) is 0.935. The Morgan fingerprint density at radius 3 is 3.16 bits per heavy atom. The molecule has 1 atom stereocenters. The lowest BCUT2D eigenvalue weighted by Gasteiger charge is -2.36. The summed E-state index contributed by atoms with van der Waals surface area (Å²) in [5, 5.41) is 4.52. The van der Waals surface area contributed by atoms with E-state index in [1.54, 1.807) is 17.7 Å². The molecule has 1 N–H and O–H groups in total. The molecule has 19 heavy (non-hydrogen) atoms. The van der Waals surface area contributed by atoms with Crippen LogP contribution in [-0.4, -0.2) is 36.1 Å². The van der Waals surface area contributed by atoms with Gasteiger partial charge in [0.1, 0.15) is 17.0 Å². The fourth-order valence-electron chi connectivity index (χ4n) is 2.92. The fraction of sp³-hybridized carbons (Fsp3) is 0.571. The van der Waals surface area contributed by atoms with E-state index in [9.17, 15) is 0 Å². The molecule has 3 rings (SSSR count). The van der Waals surface area contributed by atoms with Crippen molar-refractivity contribution in [1.82, 2.24) is 15.3 Å². The van der Waals surface area contributed by atoms with Gasteiger partial charge in [0.25, 0.3) is 0 Å². The number of aryl methyl sites for hydroxylation is 1. The second kappa shape index (κ2) is 5.43. The van der Waals surface area contributed by atoms with Crippen LogP contribution in [-0.2, 0) is 0 Å². The van der Waals surface area contributed by atoms with Crippen LogP contribution >= 0.6 is 11.3 Å². The lowest BCUT2D eigenvalue weighted by atomic mass is 10.0. The number of rotatable bonds is 3. The van der Waals surface area contributed by atoms with E-state index in [4.69, 9.17) is 0 Å². The summed E-state index contributed by atoms with van der Waals surface area (Å²) in [6.07, 6.45) is 5.53. The summed E-state index contributed by atoms with van der Waals surface area (Å²) in [5.74, 6) is 1.12. The summed E-state index contributed by atoms with van der Waals surface area (Å²) in [6.45, 7) is 4.26. The van der Waals surface area contributed by atoms with Crippen molar-refractivity contribution in [2.24, 2.45) is 0 Å². The molecule has 0 spiro atoms. The van der Waals surface area contributed by atoms with Crippen LogP contribution in [0.5, 0.6) is 0 Å². The summed E-state index contributed by atoms with van der Waals surface area (Å²) >= 11 is 1.75. The third-order valence-electron chi connectivity index (χ3n) is 3.77. The molecule has 1 saturated heterocycles. The predicted molar refractivity (Wildman–Crippen MR) is 81.1 cm³/mol. The summed E-state index contributed by atoms with van der Waals surface area (Å²) in [4.78, 5) is 13.8. The lowest BCUT2D eigenvalue weighted by Crippen LogP contribution is -2.45. The monoisotopic (exact) mass is 276 g/mol. The number of aromatic nitrogens is 2. The van der Waals surface area contributed by atoms with Crippen LogP contribution in [0.15, 0.2) is 12.4 Å². The van der Waals surface area contributed by atoms with E-state index in [1.807, 2.05) is 7.05 Å². The van der Waals surface area contributed by atoms with E-state index in [-0.39, 0.29) is 0 Å². The number of hydrogen-bond acceptors (Lipinski definition) is 5. The number of anilines is 1. The number of fused-ring (bicyclic) bond motifs is 1. The molecule has 3 heterocycles. The predicted octanol–water partition coefficient (Wildman–Crippen LogP) is 2.58. The topological polar surface area (TPSA) is 41.0 Å². The van der Waals surface area contributed by atoms with Crippen molar-refractivity contribution in [2.75, 3.05) is 25.0 Å². The standard InChI is InChI=1S/C14H20N4S/c1-10-7-12-13(16-9-17-14(12)19-10)18-6-4-3-5-11(18)8-15-2/h7,9,11,15H,3-6,8H2,1-2H3. The molecule has 0 radical (unpaired) electrons. The molecule has 1 aliphatic rings. The van der Waals surface area contributed by atoms with Crippen LogP contribution in [0.1, 0.15) is 24.1 Å². The van der Waals surface area contributed by atoms with Gasteiger partial charge in [0.05, 0.1) is 5.39 Å². The minimum absolute atomic E-state index is 0.553. The Balaban J connectivity index is 2.01. The largest absolute Gasteiger partial charge is 0.352 e. The molecule has 4 nitrogen and oxygen atoms in total. The minimum Gasteiger partial charge on any atom is -0.352 e. The van der Waals surface area contributed by atoms with Gasteiger partial charge in [-0.1, -0.05) is 0 Å². The van der Waals surface area contributed by atoms with Crippen molar-refractivity contribution in [3.63, 3.8) is 0 Å². The third-order valence-corrected chi connectivity index (χ3v) is 4.73. The van der Waals surface area contributed by atoms with Gasteiger partial charge in [0, 0.05) is 24.0 Å². The van der Waals surface area contributed by atoms with Gasteiger partial charge in [-0.3, -0.25) is 0 Å². The van der Waals surface area contributed by atoms with Gasteiger partial charge in [0.15, 0.2) is 0 Å². The first-order valence-electron chi connectivity index (χ1n) is 6.92. The van der Waals surface area contributed by atoms with Gasteiger partial charge in [-0.25, -0.2) is 9.97 Å². The molecule has 0 aromatic carbocycles. The average Bonchev–Trinajstić information content (AvgIpc) is 2.80. The van der Waals surface area contributed by atoms with Crippen molar-refractivity contribution in [3.8, 4) is 0 Å². The molecule has 0 bridgehead atoms. The first-order valence-corrected chi connectivity index (χ1v) is 7.73. The number of piperidine rings is 1. The zero-order chi connectivity index (χ0) is 13.2. The molecule has 1 fully saturated rings. The van der Waals surface area contributed by atoms with Crippen molar-refractivity contribution in [3.05, 3.63) is 17.3 Å². The van der Waals surface area contributed by atoms with Gasteiger partial charge in [-0.15, -0.1) is 11.3 Å². The Morgan fingerprint density at radius 2 is 2.32 bits per heavy atom. The number of thiophene rings is 1. The van der Waals surface area contributed by atoms with E-state index in [0.29, 0.717) is 6.04 Å². The highest BCUT2D eigenvalue weighted by Crippen LogP contribution is 2.32. The highest BCUT2D eigenvalue weighted by atomic mass is 32.1. The average molecular weight is 276 g/mol. The molecule has 2 aromatic rings. The fourth-order valence-corrected chi connectivity index (χ4v) is 3.76. The maximum atomic E-state index is 4.57. The maximum absolute atomic E-state index is 4.57. The summed E-state index contributed by atoms with van der Waals surface area (Å²) in [7, 11) is 2.02. The summed E-state index contributed by atoms with van der Waals surface area (Å²) in [5.41, 5.74) is 0. The minimum atomic E-state index is 0.553. The van der Waals surface area contributed by atoms with E-state index in [2.05, 4.69) is 33.2 Å². The van der Waals surface area contributed by atoms with Gasteiger partial charge < -0.3 is 10.2 Å². The van der Waals surface area contributed by atoms with Crippen LogP contribution in [0.4, 0.5) is 5.82 Å². The highest BCUT2D eigenvalue weighted by molar-refractivity contribution is 7.18. The zero-order valence-electron chi connectivity index (χ0n) is 11.5. The second-order valence-electron chi connectivity index (χ2n) is 5.17. The molecule has 2 aromatic heterocycles. The second-order valence-corrected chi connectivity index (χ2v) is 6.41. The van der Waals surface area contributed by atoms with Gasteiger partial charge in [-0.05, 0) is 39.3 Å². The van der Waals surface area contributed by atoms with Crippen LogP contribution in [0.3, 0.4) is 0 Å². The van der Waals surface area contributed by atoms with Crippen molar-refractivity contribution in [1.29, 1.82) is 0 Å². The van der Waals surface area contributed by atoms with Crippen LogP contribution in [0, 0.1) is 6.92 Å². The van der Waals surface area contributed by atoms with E-state index in [1.165, 1.54) is 29.5 Å². The molecule has 5 heteroatoms. The van der Waals surface area contributed by atoms with Crippen LogP contribution < -0.4 is 10.2 Å². The SMILES string of the molecule is CNCC1CCCCN1c1ncnc2sc(C)cc12. The molecule has 0 aliphatic carbocycles. The van der Waals surface area contributed by atoms with Crippen LogP contribution in [0.2, 0.25) is 0 Å². The Hall–Kier alpha value is -1.20. The van der Waals surface area contributed by atoms with Gasteiger partial charge in [0.2, 0.25) is 0 Å². The zero-order valence-corrected chi connectivity index (χ0v) is 12.3. The van der Waals surface area contributed by atoms with Crippen molar-refractivity contribution >= 4 is 27.4 Å². The van der Waals surface area contributed by atoms with E-state index in [0.717, 1.165) is 23.7 Å². The number of hydrogen-bond donors (Lipinski definition) is 1. The smallest absolute Gasteiger partial charge is 0.141 e. The van der Waals surface area contributed by atoms with Gasteiger partial charge >= 0.3 is 0 Å². The molecule has 1 unspecified atom stereocenters. The highest BCUT2D eigenvalue weighted by Gasteiger charge is 2.24. The number of nitrogens with one attached hydrogen (secondary N) is 1. The molecule has 1 aliphatic heterocycles. The van der Waals surface area contributed by atoms with E-state index >= 15 is 0 Å². The first-order chi connectivity index (χ1) is 9.29. The first kappa shape index (κ1) is 12.8. The Bertz CT molecular complexity index is 564. The van der Waals surface area contributed by atoms with Crippen molar-refractivity contribution in [2.45, 2.75) is 32.2 Å². The summed E-state index contributed by atoms with van der Waals surface area (Å²) in [6, 6.07) is 2.78. The van der Waals surface area contributed by atoms with Crippen LogP contribution in [0.25, 0.3) is 10.2 Å². The lowest BCUT2D eigenvalue weighted by molar-refractivity contribution is 0.444. The van der Waals surface area contributed by atoms with Gasteiger partial charge in [-0.2, -0.15) is 0 Å². The molecular formula is C14H20N4S. The molecule has 102 valence electrons. The third kappa shape index (κ3) is 2.44. The Labute approximate surface area is 117 Å². The molecular weight excluding hydrogens is 256 g/mol. The van der Waals surface area contributed by atoms with E-state index < -0.39 is 0 Å².